The molecule has 0 unspecified atom stereocenters. The first kappa shape index (κ1) is 11.0. The third-order valence-electron chi connectivity index (χ3n) is 2.62. The van der Waals surface area contributed by atoms with Crippen molar-refractivity contribution in [1.29, 1.82) is 0 Å². The van der Waals surface area contributed by atoms with Crippen LogP contribution in [0.5, 0.6) is 0 Å². The molecule has 1 fully saturated rings. The van der Waals surface area contributed by atoms with Crippen LogP contribution in [0.2, 0.25) is 0 Å². The zero-order valence-corrected chi connectivity index (χ0v) is 9.15. The maximum atomic E-state index is 12.8. The van der Waals surface area contributed by atoms with E-state index in [0.717, 1.165) is 19.5 Å². The summed E-state index contributed by atoms with van der Waals surface area (Å²) in [6, 6.07) is 0. The van der Waals surface area contributed by atoms with Crippen molar-refractivity contribution in [2.24, 2.45) is 5.41 Å². The molecule has 78 valence electrons. The Labute approximate surface area is 81.3 Å². The van der Waals surface area contributed by atoms with Crippen LogP contribution < -0.4 is 0 Å². The highest BCUT2D eigenvalue weighted by atomic mass is 19.1. The van der Waals surface area contributed by atoms with Crippen molar-refractivity contribution in [3.63, 3.8) is 0 Å². The van der Waals surface area contributed by atoms with Gasteiger partial charge in [0.25, 0.3) is 0 Å². The summed E-state index contributed by atoms with van der Waals surface area (Å²) in [5.41, 5.74) is 0.425. The Morgan fingerprint density at radius 3 is 2.54 bits per heavy atom. The van der Waals surface area contributed by atoms with E-state index in [2.05, 4.69) is 25.7 Å². The molecule has 2 heteroatoms. The zero-order valence-electron chi connectivity index (χ0n) is 9.15. The van der Waals surface area contributed by atoms with Crippen molar-refractivity contribution in [2.45, 2.75) is 46.2 Å². The molecule has 0 amide bonds. The van der Waals surface area contributed by atoms with Gasteiger partial charge >= 0.3 is 0 Å². The van der Waals surface area contributed by atoms with Gasteiger partial charge in [-0.3, -0.25) is 0 Å². The second-order valence-electron chi connectivity index (χ2n) is 5.35. The van der Waals surface area contributed by atoms with Gasteiger partial charge in [-0.1, -0.05) is 20.8 Å². The van der Waals surface area contributed by atoms with Gasteiger partial charge in [-0.2, -0.15) is 0 Å². The first-order valence-corrected chi connectivity index (χ1v) is 5.34. The zero-order chi connectivity index (χ0) is 9.90. The Morgan fingerprint density at radius 1 is 1.38 bits per heavy atom. The molecule has 1 rings (SSSR count). The second-order valence-corrected chi connectivity index (χ2v) is 5.35. The molecule has 13 heavy (non-hydrogen) atoms. The van der Waals surface area contributed by atoms with E-state index in [-0.39, 0.29) is 0 Å². The highest BCUT2D eigenvalue weighted by molar-refractivity contribution is 4.75. The molecule has 0 spiro atoms. The fourth-order valence-corrected chi connectivity index (χ4v) is 1.82. The molecule has 1 atom stereocenters. The SMILES string of the molecule is CC(C)(C)CCCN1CC[C@@H](F)C1. The van der Waals surface area contributed by atoms with Crippen molar-refractivity contribution in [3.05, 3.63) is 0 Å². The first-order valence-electron chi connectivity index (χ1n) is 5.34. The number of alkyl halides is 1. The van der Waals surface area contributed by atoms with Gasteiger partial charge < -0.3 is 4.90 Å². The summed E-state index contributed by atoms with van der Waals surface area (Å²) in [6.45, 7) is 9.49. The van der Waals surface area contributed by atoms with Crippen molar-refractivity contribution < 1.29 is 4.39 Å². The summed E-state index contributed by atoms with van der Waals surface area (Å²) in [5.74, 6) is 0. The number of nitrogens with zero attached hydrogens (tertiary/aromatic N) is 1. The van der Waals surface area contributed by atoms with Crippen molar-refractivity contribution in [3.8, 4) is 0 Å². The third kappa shape index (κ3) is 4.61. The lowest BCUT2D eigenvalue weighted by Crippen LogP contribution is -2.23. The van der Waals surface area contributed by atoms with E-state index >= 15 is 0 Å². The average molecular weight is 187 g/mol. The molecule has 0 bridgehead atoms. The summed E-state index contributed by atoms with van der Waals surface area (Å²) in [6.07, 6.45) is 2.63. The molecule has 0 aromatic carbocycles. The lowest BCUT2D eigenvalue weighted by Gasteiger charge is -2.20. The monoisotopic (exact) mass is 187 g/mol. The van der Waals surface area contributed by atoms with E-state index < -0.39 is 6.17 Å². The topological polar surface area (TPSA) is 3.24 Å². The van der Waals surface area contributed by atoms with Gasteiger partial charge in [-0.05, 0) is 31.2 Å². The lowest BCUT2D eigenvalue weighted by molar-refractivity contribution is 0.264. The third-order valence-corrected chi connectivity index (χ3v) is 2.62. The lowest BCUT2D eigenvalue weighted by atomic mass is 9.90. The van der Waals surface area contributed by atoms with Crippen LogP contribution in [-0.4, -0.2) is 30.7 Å². The van der Waals surface area contributed by atoms with E-state index in [4.69, 9.17) is 0 Å². The van der Waals surface area contributed by atoms with Gasteiger partial charge in [0.05, 0.1) is 0 Å². The van der Waals surface area contributed by atoms with Crippen LogP contribution in [0.15, 0.2) is 0 Å². The molecular formula is C11H22FN. The average Bonchev–Trinajstić information content (AvgIpc) is 2.33. The van der Waals surface area contributed by atoms with E-state index in [0.29, 0.717) is 12.0 Å². The Morgan fingerprint density at radius 2 is 2.08 bits per heavy atom. The van der Waals surface area contributed by atoms with E-state index in [1.165, 1.54) is 12.8 Å². The molecule has 1 aliphatic heterocycles. The highest BCUT2D eigenvalue weighted by Crippen LogP contribution is 2.21. The summed E-state index contributed by atoms with van der Waals surface area (Å²) in [4.78, 5) is 2.25. The number of hydrogen-bond donors (Lipinski definition) is 0. The van der Waals surface area contributed by atoms with E-state index in [9.17, 15) is 4.39 Å². The van der Waals surface area contributed by atoms with Gasteiger partial charge in [0.15, 0.2) is 0 Å². The van der Waals surface area contributed by atoms with Crippen LogP contribution >= 0.6 is 0 Å². The van der Waals surface area contributed by atoms with Gasteiger partial charge in [0.2, 0.25) is 0 Å². The fraction of sp³-hybridized carbons (Fsp3) is 1.00. The Bertz CT molecular complexity index is 151. The van der Waals surface area contributed by atoms with Gasteiger partial charge in [-0.15, -0.1) is 0 Å². The van der Waals surface area contributed by atoms with Gasteiger partial charge in [0.1, 0.15) is 6.17 Å². The standard InChI is InChI=1S/C11H22FN/c1-11(2,3)6-4-7-13-8-5-10(12)9-13/h10H,4-9H2,1-3H3/t10-/m1/s1. The summed E-state index contributed by atoms with van der Waals surface area (Å²) >= 11 is 0. The van der Waals surface area contributed by atoms with Crippen molar-refractivity contribution >= 4 is 0 Å². The van der Waals surface area contributed by atoms with Gasteiger partial charge in [-0.25, -0.2) is 4.39 Å². The molecule has 0 aliphatic carbocycles. The summed E-state index contributed by atoms with van der Waals surface area (Å²) in [5, 5.41) is 0. The van der Waals surface area contributed by atoms with Crippen LogP contribution in [0.25, 0.3) is 0 Å². The molecule has 1 saturated heterocycles. The largest absolute Gasteiger partial charge is 0.300 e. The molecule has 1 heterocycles. The van der Waals surface area contributed by atoms with Crippen LogP contribution in [0, 0.1) is 5.41 Å². The maximum Gasteiger partial charge on any atom is 0.114 e. The molecule has 1 nitrogen and oxygen atoms in total. The number of rotatable bonds is 3. The minimum absolute atomic E-state index is 0.425. The minimum Gasteiger partial charge on any atom is -0.300 e. The molecule has 0 saturated carbocycles. The van der Waals surface area contributed by atoms with Gasteiger partial charge in [0, 0.05) is 13.1 Å². The van der Waals surface area contributed by atoms with Crippen LogP contribution in [0.4, 0.5) is 4.39 Å². The summed E-state index contributed by atoms with van der Waals surface area (Å²) in [7, 11) is 0. The molecule has 0 aromatic rings. The Balaban J connectivity index is 2.07. The van der Waals surface area contributed by atoms with Crippen molar-refractivity contribution in [2.75, 3.05) is 19.6 Å². The normalized spacial score (nSPS) is 25.4. The Kier molecular flexibility index (Phi) is 3.72. The highest BCUT2D eigenvalue weighted by Gasteiger charge is 2.21. The predicted octanol–water partition coefficient (Wildman–Crippen LogP) is 2.86. The van der Waals surface area contributed by atoms with Crippen molar-refractivity contribution in [1.82, 2.24) is 4.90 Å². The quantitative estimate of drug-likeness (QED) is 0.656. The van der Waals surface area contributed by atoms with E-state index in [1.807, 2.05) is 0 Å². The van der Waals surface area contributed by atoms with Crippen LogP contribution in [0.3, 0.4) is 0 Å². The first-order chi connectivity index (χ1) is 5.97. The molecular weight excluding hydrogens is 165 g/mol. The molecule has 1 aliphatic rings. The molecule has 0 N–H and O–H groups in total. The maximum absolute atomic E-state index is 12.8. The fourth-order valence-electron chi connectivity index (χ4n) is 1.82. The number of hydrogen-bond acceptors (Lipinski definition) is 1. The molecule has 0 radical (unpaired) electrons. The number of halogens is 1. The second kappa shape index (κ2) is 4.41. The van der Waals surface area contributed by atoms with Crippen LogP contribution in [-0.2, 0) is 0 Å². The minimum atomic E-state index is -0.561. The molecule has 0 aromatic heterocycles. The predicted molar refractivity (Wildman–Crippen MR) is 54.6 cm³/mol. The van der Waals surface area contributed by atoms with Crippen LogP contribution in [0.1, 0.15) is 40.0 Å². The summed E-state index contributed by atoms with van der Waals surface area (Å²) < 4.78 is 12.8. The smallest absolute Gasteiger partial charge is 0.114 e. The number of likely N-dealkylation sites (tertiary alicyclic amines) is 1. The van der Waals surface area contributed by atoms with E-state index in [1.54, 1.807) is 0 Å². The Hall–Kier alpha value is -0.110.